The maximum absolute atomic E-state index is 12.3. The van der Waals surface area contributed by atoms with Gasteiger partial charge in [0.2, 0.25) is 0 Å². The molecule has 0 spiro atoms. The molecule has 7 heteroatoms. The van der Waals surface area contributed by atoms with E-state index in [1.54, 1.807) is 23.0 Å². The Morgan fingerprint density at radius 2 is 2.11 bits per heavy atom. The quantitative estimate of drug-likeness (QED) is 0.657. The topological polar surface area (TPSA) is 69.3 Å². The minimum atomic E-state index is -0.312. The van der Waals surface area contributed by atoms with Crippen LogP contribution in [0.5, 0.6) is 5.75 Å². The van der Waals surface area contributed by atoms with Crippen LogP contribution in [-0.4, -0.2) is 15.7 Å². The monoisotopic (exact) mass is 387 g/mol. The fourth-order valence-electron chi connectivity index (χ4n) is 2.68. The highest BCUT2D eigenvalue weighted by molar-refractivity contribution is 6.31. The summed E-state index contributed by atoms with van der Waals surface area (Å²) >= 11 is 6.11. The van der Waals surface area contributed by atoms with Crippen LogP contribution in [0, 0.1) is 13.8 Å². The highest BCUT2D eigenvalue weighted by atomic mass is 35.5. The highest BCUT2D eigenvalue weighted by Crippen LogP contribution is 2.21. The van der Waals surface area contributed by atoms with Gasteiger partial charge in [0.15, 0.2) is 5.76 Å². The molecule has 27 heavy (non-hydrogen) atoms. The first-order valence-corrected chi connectivity index (χ1v) is 9.13. The van der Waals surface area contributed by atoms with Crippen molar-refractivity contribution in [3.8, 4) is 5.75 Å². The Bertz CT molecular complexity index is 946. The van der Waals surface area contributed by atoms with Gasteiger partial charge in [0, 0.05) is 6.54 Å². The lowest BCUT2D eigenvalue weighted by Gasteiger charge is -2.08. The summed E-state index contributed by atoms with van der Waals surface area (Å²) in [7, 11) is 0. The molecule has 2 aromatic heterocycles. The van der Waals surface area contributed by atoms with Gasteiger partial charge in [-0.15, -0.1) is 0 Å². The summed E-state index contributed by atoms with van der Waals surface area (Å²) < 4.78 is 13.2. The second-order valence-corrected chi connectivity index (χ2v) is 6.67. The van der Waals surface area contributed by atoms with Crippen LogP contribution in [0.3, 0.4) is 0 Å². The lowest BCUT2D eigenvalue weighted by Crippen LogP contribution is -2.24. The molecule has 1 amide bonds. The Hall–Kier alpha value is -2.73. The van der Waals surface area contributed by atoms with E-state index in [9.17, 15) is 4.79 Å². The van der Waals surface area contributed by atoms with E-state index in [0.29, 0.717) is 17.3 Å². The molecule has 0 fully saturated rings. The van der Waals surface area contributed by atoms with Crippen LogP contribution in [0.1, 0.15) is 40.1 Å². The summed E-state index contributed by atoms with van der Waals surface area (Å²) in [6.45, 7) is 7.18. The summed E-state index contributed by atoms with van der Waals surface area (Å²) in [6, 6.07) is 9.40. The molecule has 0 radical (unpaired) electrons. The number of carbonyl (C=O) groups is 1. The van der Waals surface area contributed by atoms with Gasteiger partial charge in [-0.05, 0) is 50.1 Å². The van der Waals surface area contributed by atoms with Crippen molar-refractivity contribution >= 4 is 17.5 Å². The molecular weight excluding hydrogens is 366 g/mol. The number of aryl methyl sites for hydroxylation is 3. The number of amides is 1. The molecule has 1 N–H and O–H groups in total. The molecule has 142 valence electrons. The van der Waals surface area contributed by atoms with Crippen LogP contribution in [0.2, 0.25) is 5.02 Å². The Kier molecular flexibility index (Phi) is 5.86. The Morgan fingerprint density at radius 3 is 2.89 bits per heavy atom. The van der Waals surface area contributed by atoms with Crippen LogP contribution in [0.15, 0.2) is 40.9 Å². The molecule has 0 aliphatic rings. The third-order valence-electron chi connectivity index (χ3n) is 4.21. The van der Waals surface area contributed by atoms with Gasteiger partial charge in [-0.3, -0.25) is 9.48 Å². The van der Waals surface area contributed by atoms with Crippen molar-refractivity contribution in [3.05, 3.63) is 69.9 Å². The summed E-state index contributed by atoms with van der Waals surface area (Å²) in [5.74, 6) is 1.30. The van der Waals surface area contributed by atoms with Crippen molar-refractivity contribution in [1.29, 1.82) is 0 Å². The van der Waals surface area contributed by atoms with Crippen molar-refractivity contribution in [2.24, 2.45) is 0 Å². The minimum Gasteiger partial charge on any atom is -0.485 e. The van der Waals surface area contributed by atoms with Crippen LogP contribution in [-0.2, 0) is 19.7 Å². The number of nitrogens with one attached hydrogen (secondary N) is 1. The third kappa shape index (κ3) is 4.52. The van der Waals surface area contributed by atoms with Gasteiger partial charge < -0.3 is 14.5 Å². The van der Waals surface area contributed by atoms with Crippen molar-refractivity contribution in [3.63, 3.8) is 0 Å². The zero-order valence-corrected chi connectivity index (χ0v) is 16.3. The fourth-order valence-corrected chi connectivity index (χ4v) is 2.88. The molecule has 0 aliphatic heterocycles. The van der Waals surface area contributed by atoms with E-state index < -0.39 is 0 Å². The number of ether oxygens (including phenoxy) is 1. The summed E-state index contributed by atoms with van der Waals surface area (Å²) in [4.78, 5) is 12.3. The molecule has 3 rings (SSSR count). The normalized spacial score (nSPS) is 10.8. The Morgan fingerprint density at radius 1 is 1.30 bits per heavy atom. The number of halogens is 1. The van der Waals surface area contributed by atoms with Crippen molar-refractivity contribution < 1.29 is 13.9 Å². The van der Waals surface area contributed by atoms with Gasteiger partial charge >= 0.3 is 0 Å². The molecule has 0 atom stereocenters. The van der Waals surface area contributed by atoms with E-state index in [0.717, 1.165) is 22.6 Å². The van der Waals surface area contributed by atoms with E-state index in [4.69, 9.17) is 20.8 Å². The smallest absolute Gasteiger partial charge is 0.287 e. The van der Waals surface area contributed by atoms with Crippen molar-refractivity contribution in [2.45, 2.75) is 40.5 Å². The largest absolute Gasteiger partial charge is 0.485 e. The molecule has 0 bridgehead atoms. The van der Waals surface area contributed by atoms with E-state index >= 15 is 0 Å². The maximum atomic E-state index is 12.3. The Labute approximate surface area is 163 Å². The number of carbonyl (C=O) groups excluding carboxylic acids is 1. The summed E-state index contributed by atoms with van der Waals surface area (Å²) in [5, 5.41) is 7.48. The molecule has 6 nitrogen and oxygen atoms in total. The molecule has 0 saturated heterocycles. The Balaban J connectivity index is 1.59. The lowest BCUT2D eigenvalue weighted by molar-refractivity contribution is 0.0918. The second-order valence-electron chi connectivity index (χ2n) is 6.26. The van der Waals surface area contributed by atoms with E-state index in [-0.39, 0.29) is 24.8 Å². The van der Waals surface area contributed by atoms with Crippen LogP contribution >= 0.6 is 11.6 Å². The van der Waals surface area contributed by atoms with Gasteiger partial charge in [0.1, 0.15) is 18.1 Å². The average Bonchev–Trinajstić information content (AvgIpc) is 3.27. The number of aromatic nitrogens is 2. The van der Waals surface area contributed by atoms with E-state index in [1.165, 1.54) is 0 Å². The standard InChI is InChI=1S/C20H22ClN3O3/c1-4-24-17(16(21)10-23-24)11-22-20(25)18-8-7-15(27-18)12-26-19-9-13(2)5-6-14(19)3/h5-10H,4,11-12H2,1-3H3,(H,22,25). The maximum Gasteiger partial charge on any atom is 0.287 e. The van der Waals surface area contributed by atoms with Crippen LogP contribution in [0.4, 0.5) is 0 Å². The highest BCUT2D eigenvalue weighted by Gasteiger charge is 2.14. The number of hydrogen-bond acceptors (Lipinski definition) is 4. The number of benzene rings is 1. The third-order valence-corrected chi connectivity index (χ3v) is 4.53. The lowest BCUT2D eigenvalue weighted by atomic mass is 10.1. The van der Waals surface area contributed by atoms with Gasteiger partial charge in [-0.25, -0.2) is 0 Å². The minimum absolute atomic E-state index is 0.230. The molecule has 0 saturated carbocycles. The number of nitrogens with zero attached hydrogens (tertiary/aromatic N) is 2. The van der Waals surface area contributed by atoms with Crippen molar-refractivity contribution in [1.82, 2.24) is 15.1 Å². The predicted octanol–water partition coefficient (Wildman–Crippen LogP) is 4.28. The summed E-state index contributed by atoms with van der Waals surface area (Å²) in [5.41, 5.74) is 2.94. The van der Waals surface area contributed by atoms with Gasteiger partial charge in [0.25, 0.3) is 5.91 Å². The van der Waals surface area contributed by atoms with E-state index in [1.807, 2.05) is 39.0 Å². The molecule has 3 aromatic rings. The van der Waals surface area contributed by atoms with Gasteiger partial charge in [-0.1, -0.05) is 23.7 Å². The fraction of sp³-hybridized carbons (Fsp3) is 0.300. The van der Waals surface area contributed by atoms with Gasteiger partial charge in [0.05, 0.1) is 23.5 Å². The van der Waals surface area contributed by atoms with Gasteiger partial charge in [-0.2, -0.15) is 5.10 Å². The van der Waals surface area contributed by atoms with Crippen LogP contribution in [0.25, 0.3) is 0 Å². The zero-order valence-electron chi connectivity index (χ0n) is 15.6. The predicted molar refractivity (Wildman–Crippen MR) is 103 cm³/mol. The summed E-state index contributed by atoms with van der Waals surface area (Å²) in [6.07, 6.45) is 1.57. The zero-order chi connectivity index (χ0) is 19.4. The van der Waals surface area contributed by atoms with Crippen molar-refractivity contribution in [2.75, 3.05) is 0 Å². The number of furan rings is 1. The molecule has 0 aliphatic carbocycles. The number of rotatable bonds is 7. The SMILES string of the molecule is CCn1ncc(Cl)c1CNC(=O)c1ccc(COc2cc(C)ccc2C)o1. The molecular formula is C20H22ClN3O3. The number of hydrogen-bond donors (Lipinski definition) is 1. The first-order chi connectivity index (χ1) is 13.0. The first kappa shape index (κ1) is 19.0. The molecule has 1 aromatic carbocycles. The second kappa shape index (κ2) is 8.31. The molecule has 0 unspecified atom stereocenters. The van der Waals surface area contributed by atoms with E-state index in [2.05, 4.69) is 10.4 Å². The average molecular weight is 388 g/mol. The molecule has 2 heterocycles. The first-order valence-electron chi connectivity index (χ1n) is 8.75. The van der Waals surface area contributed by atoms with Crippen LogP contribution < -0.4 is 10.1 Å².